The maximum absolute atomic E-state index is 10.6. The molecule has 1 rings (SSSR count). The predicted molar refractivity (Wildman–Crippen MR) is 31.5 cm³/mol. The molecule has 0 radical (unpaired) electrons. The van der Waals surface area contributed by atoms with Crippen molar-refractivity contribution >= 4 is 5.97 Å². The van der Waals surface area contributed by atoms with E-state index in [-0.39, 0.29) is 5.69 Å². The number of aromatic nitrogens is 3. The highest BCUT2D eigenvalue weighted by Crippen LogP contribution is 1.90. The molecule has 0 fully saturated rings. The maximum atomic E-state index is 10.6. The van der Waals surface area contributed by atoms with Crippen LogP contribution in [0.4, 0.5) is 0 Å². The summed E-state index contributed by atoms with van der Waals surface area (Å²) in [6, 6.07) is 0. The molecular formula is C4H6N4O2. The van der Waals surface area contributed by atoms with Gasteiger partial charge in [0.25, 0.3) is 0 Å². The number of hydrogen-bond acceptors (Lipinski definition) is 5. The first-order valence-corrected chi connectivity index (χ1v) is 2.50. The highest BCUT2D eigenvalue weighted by Gasteiger charge is 2.08. The number of carbonyl (C=O) groups excluding carboxylic acids is 1. The Labute approximate surface area is 56.5 Å². The zero-order valence-corrected chi connectivity index (χ0v) is 5.31. The van der Waals surface area contributed by atoms with Crippen LogP contribution >= 0.6 is 0 Å². The Morgan fingerprint density at radius 1 is 1.90 bits per heavy atom. The highest BCUT2D eigenvalue weighted by atomic mass is 16.5. The largest absolute Gasteiger partial charge is 0.464 e. The summed E-state index contributed by atoms with van der Waals surface area (Å²) in [6.07, 6.45) is 1.23. The van der Waals surface area contributed by atoms with Crippen molar-refractivity contribution in [3.05, 3.63) is 11.9 Å². The number of nitrogens with zero attached hydrogens (tertiary/aromatic N) is 3. The fourth-order valence-corrected chi connectivity index (χ4v) is 0.474. The van der Waals surface area contributed by atoms with Crippen LogP contribution in [0.25, 0.3) is 0 Å². The van der Waals surface area contributed by atoms with Gasteiger partial charge in [-0.15, -0.1) is 10.2 Å². The average molecular weight is 142 g/mol. The standard InChI is InChI=1S/C4H6N4O2/c1-10-4(9)3-2-6-8(5)7-3/h2H,5H2,1H3. The first kappa shape index (κ1) is 6.53. The van der Waals surface area contributed by atoms with Crippen molar-refractivity contribution in [1.82, 2.24) is 15.1 Å². The highest BCUT2D eigenvalue weighted by molar-refractivity contribution is 5.86. The second kappa shape index (κ2) is 2.34. The number of hydrogen-bond donors (Lipinski definition) is 1. The summed E-state index contributed by atoms with van der Waals surface area (Å²) in [5, 5.41) is 6.96. The summed E-state index contributed by atoms with van der Waals surface area (Å²) in [7, 11) is 1.26. The molecule has 0 spiro atoms. The van der Waals surface area contributed by atoms with Gasteiger partial charge in [0.2, 0.25) is 0 Å². The third-order valence-corrected chi connectivity index (χ3v) is 0.903. The molecule has 0 saturated carbocycles. The van der Waals surface area contributed by atoms with Gasteiger partial charge in [-0.1, -0.05) is 4.91 Å². The molecule has 6 nitrogen and oxygen atoms in total. The number of ether oxygens (including phenoxy) is 1. The van der Waals surface area contributed by atoms with Gasteiger partial charge in [0.1, 0.15) is 0 Å². The summed E-state index contributed by atoms with van der Waals surface area (Å²) in [4.78, 5) is 11.4. The smallest absolute Gasteiger partial charge is 0.360 e. The minimum absolute atomic E-state index is 0.102. The molecule has 0 aliphatic rings. The molecule has 0 bridgehead atoms. The van der Waals surface area contributed by atoms with Crippen LogP contribution in [0.1, 0.15) is 10.5 Å². The van der Waals surface area contributed by atoms with Crippen LogP contribution in [0.3, 0.4) is 0 Å². The first-order valence-electron chi connectivity index (χ1n) is 2.50. The van der Waals surface area contributed by atoms with Crippen molar-refractivity contribution in [2.75, 3.05) is 13.0 Å². The summed E-state index contributed by atoms with van der Waals surface area (Å²) in [5.41, 5.74) is 0.102. The SMILES string of the molecule is COC(=O)c1cnn(N)n1. The average Bonchev–Trinajstić information content (AvgIpc) is 2.34. The van der Waals surface area contributed by atoms with Gasteiger partial charge in [0.15, 0.2) is 5.69 Å². The summed E-state index contributed by atoms with van der Waals surface area (Å²) >= 11 is 0. The molecule has 0 saturated heterocycles. The second-order valence-electron chi connectivity index (χ2n) is 1.54. The number of carbonyl (C=O) groups is 1. The van der Waals surface area contributed by atoms with Crippen molar-refractivity contribution in [1.29, 1.82) is 0 Å². The van der Waals surface area contributed by atoms with Crippen LogP contribution in [-0.2, 0) is 4.74 Å². The number of esters is 1. The van der Waals surface area contributed by atoms with Crippen LogP contribution in [0, 0.1) is 0 Å². The molecule has 0 amide bonds. The molecule has 2 N–H and O–H groups in total. The van der Waals surface area contributed by atoms with Gasteiger partial charge in [0, 0.05) is 0 Å². The fraction of sp³-hybridized carbons (Fsp3) is 0.250. The Morgan fingerprint density at radius 2 is 2.60 bits per heavy atom. The lowest BCUT2D eigenvalue weighted by Crippen LogP contribution is -2.13. The van der Waals surface area contributed by atoms with Gasteiger partial charge in [-0.2, -0.15) is 0 Å². The second-order valence-corrected chi connectivity index (χ2v) is 1.54. The van der Waals surface area contributed by atoms with E-state index in [1.165, 1.54) is 13.3 Å². The lowest BCUT2D eigenvalue weighted by Gasteiger charge is -1.89. The van der Waals surface area contributed by atoms with Crippen molar-refractivity contribution < 1.29 is 9.53 Å². The van der Waals surface area contributed by atoms with E-state index in [0.29, 0.717) is 0 Å². The molecule has 0 atom stereocenters. The van der Waals surface area contributed by atoms with E-state index in [1.807, 2.05) is 0 Å². The van der Waals surface area contributed by atoms with Crippen LogP contribution in [0.5, 0.6) is 0 Å². The van der Waals surface area contributed by atoms with E-state index in [0.717, 1.165) is 4.91 Å². The Hall–Kier alpha value is -1.59. The normalized spacial score (nSPS) is 9.30. The van der Waals surface area contributed by atoms with E-state index >= 15 is 0 Å². The van der Waals surface area contributed by atoms with Crippen molar-refractivity contribution in [3.63, 3.8) is 0 Å². The lowest BCUT2D eigenvalue weighted by molar-refractivity contribution is 0.0593. The fourth-order valence-electron chi connectivity index (χ4n) is 0.474. The van der Waals surface area contributed by atoms with E-state index in [2.05, 4.69) is 14.9 Å². The molecule has 1 aromatic rings. The number of methoxy groups -OCH3 is 1. The molecule has 0 aliphatic heterocycles. The van der Waals surface area contributed by atoms with Gasteiger partial charge in [0.05, 0.1) is 13.3 Å². The molecule has 10 heavy (non-hydrogen) atoms. The molecule has 1 aromatic heterocycles. The zero-order valence-electron chi connectivity index (χ0n) is 5.31. The van der Waals surface area contributed by atoms with Crippen molar-refractivity contribution in [2.24, 2.45) is 0 Å². The van der Waals surface area contributed by atoms with Gasteiger partial charge in [-0.3, -0.25) is 0 Å². The van der Waals surface area contributed by atoms with Crippen LogP contribution in [0.15, 0.2) is 6.20 Å². The predicted octanol–water partition coefficient (Wildman–Crippen LogP) is -1.22. The van der Waals surface area contributed by atoms with E-state index < -0.39 is 5.97 Å². The molecule has 0 unspecified atom stereocenters. The molecule has 0 aromatic carbocycles. The Morgan fingerprint density at radius 3 is 3.00 bits per heavy atom. The minimum atomic E-state index is -0.545. The quantitative estimate of drug-likeness (QED) is 0.392. The van der Waals surface area contributed by atoms with Crippen molar-refractivity contribution in [3.8, 4) is 0 Å². The third-order valence-electron chi connectivity index (χ3n) is 0.903. The van der Waals surface area contributed by atoms with E-state index in [4.69, 9.17) is 5.84 Å². The monoisotopic (exact) mass is 142 g/mol. The van der Waals surface area contributed by atoms with Gasteiger partial charge in [-0.05, 0) is 0 Å². The van der Waals surface area contributed by atoms with Gasteiger partial charge >= 0.3 is 5.97 Å². The number of nitrogen functional groups attached to an aromatic ring is 1. The molecule has 1 heterocycles. The van der Waals surface area contributed by atoms with Crippen LogP contribution in [-0.4, -0.2) is 28.2 Å². The van der Waals surface area contributed by atoms with Gasteiger partial charge < -0.3 is 10.6 Å². The maximum Gasteiger partial charge on any atom is 0.360 e. The van der Waals surface area contributed by atoms with Crippen molar-refractivity contribution in [2.45, 2.75) is 0 Å². The van der Waals surface area contributed by atoms with Gasteiger partial charge in [-0.25, -0.2) is 4.79 Å². The number of nitrogens with two attached hydrogens (primary N) is 1. The lowest BCUT2D eigenvalue weighted by atomic mass is 10.5. The Kier molecular flexibility index (Phi) is 1.53. The molecule has 54 valence electrons. The van der Waals surface area contributed by atoms with Crippen LogP contribution < -0.4 is 5.84 Å². The van der Waals surface area contributed by atoms with E-state index in [1.54, 1.807) is 0 Å². The summed E-state index contributed by atoms with van der Waals surface area (Å²) in [6.45, 7) is 0. The van der Waals surface area contributed by atoms with E-state index in [9.17, 15) is 4.79 Å². The van der Waals surface area contributed by atoms with Crippen LogP contribution in [0.2, 0.25) is 0 Å². The summed E-state index contributed by atoms with van der Waals surface area (Å²) in [5.74, 6) is 4.51. The topological polar surface area (TPSA) is 83.0 Å². The molecule has 0 aliphatic carbocycles. The Bertz CT molecular complexity index is 243. The Balaban J connectivity index is 2.85. The number of rotatable bonds is 1. The summed E-state index contributed by atoms with van der Waals surface area (Å²) < 4.78 is 4.34. The molecular weight excluding hydrogens is 136 g/mol. The minimum Gasteiger partial charge on any atom is -0.464 e. The molecule has 6 heteroatoms. The first-order chi connectivity index (χ1) is 4.74. The zero-order chi connectivity index (χ0) is 7.56. The third kappa shape index (κ3) is 1.04.